The maximum Gasteiger partial charge on any atom is 0.263 e. The number of pyridine rings is 1. The number of hydrogen-bond donors (Lipinski definition) is 1. The van der Waals surface area contributed by atoms with E-state index in [2.05, 4.69) is 28.2 Å². The van der Waals surface area contributed by atoms with Crippen molar-refractivity contribution in [1.82, 2.24) is 9.88 Å². The van der Waals surface area contributed by atoms with Crippen molar-refractivity contribution < 1.29 is 4.79 Å². The van der Waals surface area contributed by atoms with Gasteiger partial charge in [0.1, 0.15) is 0 Å². The monoisotopic (exact) mass is 488 g/mol. The van der Waals surface area contributed by atoms with Crippen LogP contribution in [-0.2, 0) is 5.33 Å². The smallest absolute Gasteiger partial charge is 0.263 e. The van der Waals surface area contributed by atoms with E-state index in [0.717, 1.165) is 23.2 Å². The fraction of sp³-hybridized carbons (Fsp3) is 0.185. The third-order valence-electron chi connectivity index (χ3n) is 5.81. The maximum atomic E-state index is 13.7. The molecule has 5 heteroatoms. The fourth-order valence-corrected chi connectivity index (χ4v) is 4.71. The molecule has 0 aliphatic carbocycles. The van der Waals surface area contributed by atoms with Crippen LogP contribution in [0.15, 0.2) is 83.7 Å². The lowest BCUT2D eigenvalue weighted by Crippen LogP contribution is -2.32. The summed E-state index contributed by atoms with van der Waals surface area (Å²) >= 11 is 3.56. The Labute approximate surface area is 196 Å². The summed E-state index contributed by atoms with van der Waals surface area (Å²) in [5, 5.41) is 4.76. The van der Waals surface area contributed by atoms with Crippen molar-refractivity contribution in [3.63, 3.8) is 0 Å². The summed E-state index contributed by atoms with van der Waals surface area (Å²) in [7, 11) is 0. The summed E-state index contributed by atoms with van der Waals surface area (Å²) in [5.41, 5.74) is 3.84. The number of carbonyl (C=O) groups excluding carboxylic acids is 1. The van der Waals surface area contributed by atoms with Crippen LogP contribution in [0.1, 0.15) is 46.6 Å². The molecule has 162 valence electrons. The van der Waals surface area contributed by atoms with Gasteiger partial charge in [-0.05, 0) is 36.6 Å². The molecule has 32 heavy (non-hydrogen) atoms. The minimum absolute atomic E-state index is 0.121. The van der Waals surface area contributed by atoms with Crippen molar-refractivity contribution in [2.75, 3.05) is 0 Å². The number of alkyl halides is 1. The van der Waals surface area contributed by atoms with Gasteiger partial charge >= 0.3 is 0 Å². The van der Waals surface area contributed by atoms with Crippen molar-refractivity contribution in [3.05, 3.63) is 112 Å². The number of aromatic nitrogens is 1. The first-order valence-electron chi connectivity index (χ1n) is 10.7. The molecule has 4 aromatic rings. The van der Waals surface area contributed by atoms with Crippen molar-refractivity contribution in [2.45, 2.75) is 31.6 Å². The van der Waals surface area contributed by atoms with Crippen LogP contribution < -0.4 is 10.9 Å². The number of para-hydroxylation sites is 1. The highest BCUT2D eigenvalue weighted by molar-refractivity contribution is 9.08. The van der Waals surface area contributed by atoms with E-state index in [4.69, 9.17) is 0 Å². The summed E-state index contributed by atoms with van der Waals surface area (Å²) in [6.45, 7) is 4.02. The second kappa shape index (κ2) is 9.53. The first-order chi connectivity index (χ1) is 15.6. The minimum atomic E-state index is -0.186. The second-order valence-corrected chi connectivity index (χ2v) is 8.33. The highest BCUT2D eigenvalue weighted by Crippen LogP contribution is 2.27. The van der Waals surface area contributed by atoms with Crippen LogP contribution in [0.2, 0.25) is 0 Å². The second-order valence-electron chi connectivity index (χ2n) is 7.77. The van der Waals surface area contributed by atoms with E-state index < -0.39 is 0 Å². The topological polar surface area (TPSA) is 51.1 Å². The van der Waals surface area contributed by atoms with Crippen LogP contribution in [0.4, 0.5) is 0 Å². The van der Waals surface area contributed by atoms with Gasteiger partial charge in [0.2, 0.25) is 0 Å². The minimum Gasteiger partial charge on any atom is -0.345 e. The standard InChI is InChI=1S/C27H25BrN2O2/c1-3-22(19-12-5-4-6-13-19)29-26(31)25-20-14-8-9-15-21(20)27(32)30(24(25)17-28)23-16-10-7-11-18(23)2/h4-16,22H,3,17H2,1-2H3,(H,29,31)/t22-/m0/s1. The van der Waals surface area contributed by atoms with Crippen molar-refractivity contribution in [3.8, 4) is 5.69 Å². The first kappa shape index (κ1) is 22.0. The number of rotatable bonds is 6. The van der Waals surface area contributed by atoms with E-state index >= 15 is 0 Å². The molecule has 1 aromatic heterocycles. The van der Waals surface area contributed by atoms with E-state index in [1.165, 1.54) is 0 Å². The number of fused-ring (bicyclic) bond motifs is 1. The zero-order valence-electron chi connectivity index (χ0n) is 18.1. The highest BCUT2D eigenvalue weighted by atomic mass is 79.9. The van der Waals surface area contributed by atoms with Gasteiger partial charge in [-0.3, -0.25) is 14.2 Å². The molecular formula is C27H25BrN2O2. The van der Waals surface area contributed by atoms with E-state index in [1.54, 1.807) is 10.6 Å². The third-order valence-corrected chi connectivity index (χ3v) is 6.35. The number of nitrogens with zero attached hydrogens (tertiary/aromatic N) is 1. The Morgan fingerprint density at radius 3 is 2.22 bits per heavy atom. The molecule has 0 unspecified atom stereocenters. The number of benzene rings is 3. The SMILES string of the molecule is CC[C@H](NC(=O)c1c(CBr)n(-c2ccccc2C)c(=O)c2ccccc12)c1ccccc1. The first-order valence-corrected chi connectivity index (χ1v) is 11.8. The lowest BCUT2D eigenvalue weighted by atomic mass is 10.00. The van der Waals surface area contributed by atoms with Gasteiger partial charge in [-0.2, -0.15) is 0 Å². The molecule has 1 amide bonds. The lowest BCUT2D eigenvalue weighted by molar-refractivity contribution is 0.0936. The molecule has 4 rings (SSSR count). The van der Waals surface area contributed by atoms with E-state index in [9.17, 15) is 9.59 Å². The van der Waals surface area contributed by atoms with Gasteiger partial charge in [0.15, 0.2) is 0 Å². The Bertz CT molecular complexity index is 1330. The molecule has 1 N–H and O–H groups in total. The predicted octanol–water partition coefficient (Wildman–Crippen LogP) is 6.08. The zero-order valence-corrected chi connectivity index (χ0v) is 19.7. The van der Waals surface area contributed by atoms with Crippen LogP contribution in [0.3, 0.4) is 0 Å². The molecular weight excluding hydrogens is 464 g/mol. The molecule has 1 heterocycles. The number of carbonyl (C=O) groups is 1. The predicted molar refractivity (Wildman–Crippen MR) is 134 cm³/mol. The molecule has 0 aliphatic rings. The molecule has 0 spiro atoms. The molecule has 4 nitrogen and oxygen atoms in total. The van der Waals surface area contributed by atoms with E-state index in [0.29, 0.717) is 27.4 Å². The van der Waals surface area contributed by atoms with Crippen LogP contribution in [0.25, 0.3) is 16.5 Å². The van der Waals surface area contributed by atoms with Crippen molar-refractivity contribution in [1.29, 1.82) is 0 Å². The zero-order chi connectivity index (χ0) is 22.7. The summed E-state index contributed by atoms with van der Waals surface area (Å²) < 4.78 is 1.67. The van der Waals surface area contributed by atoms with E-state index in [1.807, 2.05) is 79.7 Å². The van der Waals surface area contributed by atoms with E-state index in [-0.39, 0.29) is 17.5 Å². The Kier molecular flexibility index (Phi) is 6.56. The molecule has 3 aromatic carbocycles. The quantitative estimate of drug-likeness (QED) is 0.334. The number of amides is 1. The Balaban J connectivity index is 1.94. The molecule has 0 saturated heterocycles. The summed E-state index contributed by atoms with van der Waals surface area (Å²) in [6, 6.07) is 24.9. The normalized spacial score (nSPS) is 12.0. The number of aryl methyl sites for hydroxylation is 1. The molecule has 0 saturated carbocycles. The van der Waals surface area contributed by atoms with Gasteiger partial charge < -0.3 is 5.32 Å². The van der Waals surface area contributed by atoms with Crippen LogP contribution in [0, 0.1) is 6.92 Å². The lowest BCUT2D eigenvalue weighted by Gasteiger charge is -2.22. The molecule has 0 aliphatic heterocycles. The van der Waals surface area contributed by atoms with Gasteiger partial charge in [0.05, 0.1) is 23.0 Å². The van der Waals surface area contributed by atoms with Crippen LogP contribution in [0.5, 0.6) is 0 Å². The largest absolute Gasteiger partial charge is 0.345 e. The van der Waals surface area contributed by atoms with Gasteiger partial charge in [-0.15, -0.1) is 0 Å². The van der Waals surface area contributed by atoms with Gasteiger partial charge in [-0.25, -0.2) is 0 Å². The summed E-state index contributed by atoms with van der Waals surface area (Å²) in [6.07, 6.45) is 0.759. The maximum absolute atomic E-state index is 13.7. The Morgan fingerprint density at radius 2 is 1.56 bits per heavy atom. The van der Waals surface area contributed by atoms with Gasteiger partial charge in [0.25, 0.3) is 11.5 Å². The summed E-state index contributed by atoms with van der Waals surface area (Å²) in [4.78, 5) is 27.3. The Morgan fingerprint density at radius 1 is 0.938 bits per heavy atom. The van der Waals surface area contributed by atoms with Crippen molar-refractivity contribution >= 4 is 32.6 Å². The molecule has 0 bridgehead atoms. The number of hydrogen-bond acceptors (Lipinski definition) is 2. The average molecular weight is 489 g/mol. The van der Waals surface area contributed by atoms with Gasteiger partial charge in [0, 0.05) is 16.1 Å². The molecule has 0 fully saturated rings. The number of halogens is 1. The fourth-order valence-electron chi connectivity index (χ4n) is 4.18. The van der Waals surface area contributed by atoms with Crippen LogP contribution >= 0.6 is 15.9 Å². The van der Waals surface area contributed by atoms with Crippen LogP contribution in [-0.4, -0.2) is 10.5 Å². The highest BCUT2D eigenvalue weighted by Gasteiger charge is 2.24. The average Bonchev–Trinajstić information content (AvgIpc) is 2.83. The van der Waals surface area contributed by atoms with Crippen molar-refractivity contribution in [2.24, 2.45) is 0 Å². The third kappa shape index (κ3) is 4.00. The molecule has 0 radical (unpaired) electrons. The number of nitrogens with one attached hydrogen (secondary N) is 1. The Hall–Kier alpha value is -3.18. The van der Waals surface area contributed by atoms with Gasteiger partial charge in [-0.1, -0.05) is 89.6 Å². The summed E-state index contributed by atoms with van der Waals surface area (Å²) in [5.74, 6) is -0.186. The molecule has 1 atom stereocenters.